The molecule has 1 amide bonds. The summed E-state index contributed by atoms with van der Waals surface area (Å²) in [6.45, 7) is 4.84. The Balaban J connectivity index is 1.56. The molecule has 0 aromatic heterocycles. The number of nitrogens with one attached hydrogen (secondary N) is 1. The van der Waals surface area contributed by atoms with Gasteiger partial charge in [0.25, 0.3) is 5.91 Å². The number of carbonyl (C=O) groups excluding carboxylic acids is 1. The summed E-state index contributed by atoms with van der Waals surface area (Å²) in [6.07, 6.45) is 4.50. The van der Waals surface area contributed by atoms with Crippen LogP contribution in [0.4, 0.5) is 0 Å². The van der Waals surface area contributed by atoms with Crippen molar-refractivity contribution in [3.05, 3.63) is 71.8 Å². The molecule has 35 heavy (non-hydrogen) atoms. The molecule has 2 aromatic carbocycles. The first kappa shape index (κ1) is 24.9. The van der Waals surface area contributed by atoms with Crippen LogP contribution in [0.5, 0.6) is 5.75 Å². The summed E-state index contributed by atoms with van der Waals surface area (Å²) in [6, 6.07) is 17.4. The lowest BCUT2D eigenvalue weighted by Gasteiger charge is -2.32. The van der Waals surface area contributed by atoms with Crippen molar-refractivity contribution < 1.29 is 24.1 Å². The molecule has 8 nitrogen and oxygen atoms in total. The maximum Gasteiger partial charge on any atom is 0.266 e. The molecule has 0 unspecified atom stereocenters. The van der Waals surface area contributed by atoms with Gasteiger partial charge in [0, 0.05) is 38.1 Å². The number of aliphatic hydroxyl groups excluding tert-OH is 1. The first-order valence-corrected chi connectivity index (χ1v) is 12.1. The van der Waals surface area contributed by atoms with E-state index in [0.717, 1.165) is 11.1 Å². The standard InChI is InChI=1S/C27H33N3O5/c1-21-27(14-5-9-22-7-3-2-4-8-22,26(32)29-30-15-19-33-20-16-30)28-25(35-21)23-10-12-24(13-11-23)34-18-6-17-31/h2-5,7-13,21,31H,6,14-20H2,1H3,(H,29,32)/b9-5+/t21-,27-/m0/s1. The van der Waals surface area contributed by atoms with E-state index in [9.17, 15) is 4.79 Å². The number of hydrogen-bond acceptors (Lipinski definition) is 7. The minimum Gasteiger partial charge on any atom is -0.494 e. The van der Waals surface area contributed by atoms with Crippen LogP contribution in [0, 0.1) is 0 Å². The van der Waals surface area contributed by atoms with E-state index >= 15 is 0 Å². The van der Waals surface area contributed by atoms with Crippen molar-refractivity contribution in [1.82, 2.24) is 10.4 Å². The average Bonchev–Trinajstić information content (AvgIpc) is 3.23. The number of nitrogens with zero attached hydrogens (tertiary/aromatic N) is 2. The van der Waals surface area contributed by atoms with Crippen LogP contribution in [0.3, 0.4) is 0 Å². The molecule has 0 aliphatic carbocycles. The monoisotopic (exact) mass is 479 g/mol. The van der Waals surface area contributed by atoms with Gasteiger partial charge in [-0.05, 0) is 36.8 Å². The molecule has 0 bridgehead atoms. The van der Waals surface area contributed by atoms with E-state index < -0.39 is 11.6 Å². The van der Waals surface area contributed by atoms with Crippen LogP contribution in [-0.2, 0) is 14.3 Å². The summed E-state index contributed by atoms with van der Waals surface area (Å²) in [4.78, 5) is 18.5. The first-order valence-electron chi connectivity index (χ1n) is 12.1. The molecule has 2 aliphatic rings. The molecule has 4 rings (SSSR count). The smallest absolute Gasteiger partial charge is 0.266 e. The van der Waals surface area contributed by atoms with Gasteiger partial charge >= 0.3 is 0 Å². The van der Waals surface area contributed by atoms with Crippen molar-refractivity contribution in [2.75, 3.05) is 39.5 Å². The second-order valence-electron chi connectivity index (χ2n) is 8.61. The number of benzene rings is 2. The van der Waals surface area contributed by atoms with Crippen LogP contribution < -0.4 is 10.2 Å². The molecule has 1 fully saturated rings. The molecule has 2 atom stereocenters. The predicted octanol–water partition coefficient (Wildman–Crippen LogP) is 2.82. The van der Waals surface area contributed by atoms with E-state index in [2.05, 4.69) is 5.43 Å². The average molecular weight is 480 g/mol. The van der Waals surface area contributed by atoms with Crippen molar-refractivity contribution >= 4 is 17.9 Å². The Kier molecular flexibility index (Phi) is 8.52. The molecule has 8 heteroatoms. The second kappa shape index (κ2) is 12.0. The molecule has 2 aliphatic heterocycles. The highest BCUT2D eigenvalue weighted by atomic mass is 16.5. The zero-order chi connectivity index (χ0) is 24.5. The van der Waals surface area contributed by atoms with Crippen LogP contribution in [0.15, 0.2) is 65.7 Å². The highest BCUT2D eigenvalue weighted by molar-refractivity contribution is 6.00. The maximum atomic E-state index is 13.6. The first-order chi connectivity index (χ1) is 17.1. The third-order valence-corrected chi connectivity index (χ3v) is 6.14. The number of aliphatic imine (C=N–C) groups is 1. The van der Waals surface area contributed by atoms with Crippen molar-refractivity contribution in [1.29, 1.82) is 0 Å². The Morgan fingerprint density at radius 3 is 2.66 bits per heavy atom. The van der Waals surface area contributed by atoms with Crippen LogP contribution in [0.25, 0.3) is 6.08 Å². The summed E-state index contributed by atoms with van der Waals surface area (Å²) >= 11 is 0. The number of ether oxygens (including phenoxy) is 3. The van der Waals surface area contributed by atoms with Crippen molar-refractivity contribution in [3.8, 4) is 5.75 Å². The van der Waals surface area contributed by atoms with Crippen molar-refractivity contribution in [2.24, 2.45) is 4.99 Å². The van der Waals surface area contributed by atoms with Gasteiger partial charge < -0.3 is 19.3 Å². The van der Waals surface area contributed by atoms with Gasteiger partial charge in [0.2, 0.25) is 5.90 Å². The highest BCUT2D eigenvalue weighted by Gasteiger charge is 2.50. The number of carbonyl (C=O) groups is 1. The SMILES string of the molecule is C[C@@H]1OC(c2ccc(OCCCO)cc2)=N[C@]1(C/C=C/c1ccccc1)C(=O)NN1CCOCC1. The van der Waals surface area contributed by atoms with Gasteiger partial charge in [-0.2, -0.15) is 0 Å². The quantitative estimate of drug-likeness (QED) is 0.509. The van der Waals surface area contributed by atoms with Gasteiger partial charge in [0.15, 0.2) is 5.54 Å². The number of hydrazine groups is 1. The number of aliphatic hydroxyl groups is 1. The van der Waals surface area contributed by atoms with Crippen LogP contribution in [-0.4, -0.2) is 73.1 Å². The van der Waals surface area contributed by atoms with Crippen LogP contribution >= 0.6 is 0 Å². The predicted molar refractivity (Wildman–Crippen MR) is 134 cm³/mol. The van der Waals surface area contributed by atoms with Crippen molar-refractivity contribution in [3.63, 3.8) is 0 Å². The van der Waals surface area contributed by atoms with Gasteiger partial charge in [-0.1, -0.05) is 42.5 Å². The third-order valence-electron chi connectivity index (χ3n) is 6.14. The highest BCUT2D eigenvalue weighted by Crippen LogP contribution is 2.33. The molecule has 2 heterocycles. The molecule has 0 saturated carbocycles. The van der Waals surface area contributed by atoms with E-state index in [0.29, 0.717) is 57.4 Å². The summed E-state index contributed by atoms with van der Waals surface area (Å²) in [5.41, 5.74) is 3.78. The molecule has 2 N–H and O–H groups in total. The van der Waals surface area contributed by atoms with E-state index in [4.69, 9.17) is 24.3 Å². The Bertz CT molecular complexity index is 1020. The fourth-order valence-corrected chi connectivity index (χ4v) is 4.04. The lowest BCUT2D eigenvalue weighted by atomic mass is 9.89. The summed E-state index contributed by atoms with van der Waals surface area (Å²) < 4.78 is 17.2. The van der Waals surface area contributed by atoms with Crippen LogP contribution in [0.2, 0.25) is 0 Å². The molecular weight excluding hydrogens is 446 g/mol. The zero-order valence-corrected chi connectivity index (χ0v) is 20.1. The van der Waals surface area contributed by atoms with Gasteiger partial charge in [-0.25, -0.2) is 10.0 Å². The minimum atomic E-state index is -1.10. The Morgan fingerprint density at radius 2 is 1.94 bits per heavy atom. The van der Waals surface area contributed by atoms with Crippen molar-refractivity contribution in [2.45, 2.75) is 31.4 Å². The molecule has 186 valence electrons. The number of morpholine rings is 1. The molecule has 0 spiro atoms. The number of amides is 1. The Morgan fingerprint density at radius 1 is 1.20 bits per heavy atom. The Labute approximate surface area is 206 Å². The summed E-state index contributed by atoms with van der Waals surface area (Å²) in [5.74, 6) is 0.948. The normalized spacial score (nSPS) is 22.6. The van der Waals surface area contributed by atoms with E-state index in [-0.39, 0.29) is 12.5 Å². The molecule has 0 radical (unpaired) electrons. The van der Waals surface area contributed by atoms with Gasteiger partial charge in [-0.15, -0.1) is 0 Å². The lowest BCUT2D eigenvalue weighted by molar-refractivity contribution is -0.135. The molecule has 2 aromatic rings. The van der Waals surface area contributed by atoms with Gasteiger partial charge in [-0.3, -0.25) is 10.2 Å². The zero-order valence-electron chi connectivity index (χ0n) is 20.1. The third kappa shape index (κ3) is 6.28. The summed E-state index contributed by atoms with van der Waals surface area (Å²) in [5, 5.41) is 10.8. The molecular formula is C27H33N3O5. The van der Waals surface area contributed by atoms with E-state index in [1.54, 1.807) is 0 Å². The fourth-order valence-electron chi connectivity index (χ4n) is 4.04. The Hall–Kier alpha value is -3.20. The second-order valence-corrected chi connectivity index (χ2v) is 8.61. The minimum absolute atomic E-state index is 0.0912. The van der Waals surface area contributed by atoms with Gasteiger partial charge in [0.1, 0.15) is 11.9 Å². The number of rotatable bonds is 10. The fraction of sp³-hybridized carbons (Fsp3) is 0.407. The van der Waals surface area contributed by atoms with E-state index in [1.165, 1.54) is 0 Å². The summed E-state index contributed by atoms with van der Waals surface area (Å²) in [7, 11) is 0. The lowest BCUT2D eigenvalue weighted by Crippen LogP contribution is -2.57. The van der Waals surface area contributed by atoms with E-state index in [1.807, 2.05) is 78.7 Å². The number of hydrogen-bond donors (Lipinski definition) is 2. The maximum absolute atomic E-state index is 13.6. The largest absolute Gasteiger partial charge is 0.494 e. The van der Waals surface area contributed by atoms with Crippen LogP contribution in [0.1, 0.15) is 30.9 Å². The molecule has 1 saturated heterocycles. The topological polar surface area (TPSA) is 92.6 Å². The van der Waals surface area contributed by atoms with Gasteiger partial charge in [0.05, 0.1) is 19.8 Å².